The third kappa shape index (κ3) is 8.86. The van der Waals surface area contributed by atoms with Crippen LogP contribution in [0.3, 0.4) is 0 Å². The number of hydrogen-bond acceptors (Lipinski definition) is 12. The Morgan fingerprint density at radius 3 is 2.53 bits per heavy atom. The van der Waals surface area contributed by atoms with Crippen LogP contribution in [0.4, 0.5) is 10.1 Å². The zero-order valence-electron chi connectivity index (χ0n) is 23.7. The average Bonchev–Trinajstić information content (AvgIpc) is 3.42. The monoisotopic (exact) mass is 668 g/mol. The minimum atomic E-state index is -4.74. The minimum absolute atomic E-state index is 0.0328. The lowest BCUT2D eigenvalue weighted by Crippen LogP contribution is -2.36. The Kier molecular flexibility index (Phi) is 11.9. The molecule has 2 fully saturated rings. The number of unbranched alkanes of at least 4 members (excludes halogenated alkanes) is 1. The van der Waals surface area contributed by atoms with Crippen molar-refractivity contribution < 1.29 is 51.3 Å². The first-order valence-electron chi connectivity index (χ1n) is 13.4. The predicted octanol–water partition coefficient (Wildman–Crippen LogP) is 2.99. The number of fused-ring (bicyclic) bond motifs is 1. The van der Waals surface area contributed by atoms with Gasteiger partial charge in [-0.2, -0.15) is 5.26 Å². The highest BCUT2D eigenvalue weighted by Crippen LogP contribution is 2.44. The first kappa shape index (κ1) is 35.1. The molecule has 0 aromatic carbocycles. The Hall–Kier alpha value is -2.35. The summed E-state index contributed by atoms with van der Waals surface area (Å²) in [4.78, 5) is 24.8. The summed E-state index contributed by atoms with van der Waals surface area (Å²) in [5.41, 5.74) is -0.880. The first-order valence-corrected chi connectivity index (χ1v) is 17.4. The number of hydrogen-bond donors (Lipinski definition) is 4. The second kappa shape index (κ2) is 14.6. The largest absolute Gasteiger partial charge is 0.438 e. The number of esters is 1. The molecule has 2 aromatic heterocycles. The molecule has 43 heavy (non-hydrogen) atoms. The second-order valence-corrected chi connectivity index (χ2v) is 15.0. The number of carbonyl (C=O) groups excluding carboxylic acids is 1. The van der Waals surface area contributed by atoms with Crippen molar-refractivity contribution in [3.05, 3.63) is 23.0 Å². The smallest absolute Gasteiger partial charge is 0.346 e. The maximum absolute atomic E-state index is 13.4. The number of nitrogens with one attached hydrogen (secondary N) is 1. The van der Waals surface area contributed by atoms with Crippen molar-refractivity contribution in [1.82, 2.24) is 9.55 Å². The van der Waals surface area contributed by atoms with Crippen LogP contribution in [0.2, 0.25) is 5.15 Å². The van der Waals surface area contributed by atoms with Crippen molar-refractivity contribution in [2.45, 2.75) is 83.2 Å². The van der Waals surface area contributed by atoms with Crippen LogP contribution in [0.15, 0.2) is 12.3 Å². The van der Waals surface area contributed by atoms with Crippen LogP contribution < -0.4 is 5.32 Å². The number of pyridine rings is 1. The van der Waals surface area contributed by atoms with Crippen LogP contribution in [0.1, 0.15) is 58.2 Å². The van der Waals surface area contributed by atoms with Gasteiger partial charge in [0.2, 0.25) is 6.79 Å². The number of nitriles is 1. The standard InChI is InChI=1S/C21H25ClFN4O10PS.C4H10/c1-10(28)35-8-36-38(31,32)9-39(33,34)7-15-17(29)18(30)21(37-15)27-3-2-13-16(25-12-4-11(23)5-12)14(6-24)19(22)26-20(13)27;1-3-4-2/h2-3,11-12,15,17-18,21,29-30H,4-5,7-9H2,1H3,(H,25,26)(H,31,32);3-4H2,1-2H3/t11?,12?,15-,17-,18-,21-;/m1./s1. The summed E-state index contributed by atoms with van der Waals surface area (Å²) in [5, 5.41) is 34.1. The van der Waals surface area contributed by atoms with Crippen molar-refractivity contribution >= 4 is 51.7 Å². The van der Waals surface area contributed by atoms with E-state index in [0.29, 0.717) is 11.1 Å². The van der Waals surface area contributed by atoms with Crippen LogP contribution in [-0.4, -0.2) is 87.6 Å². The average molecular weight is 669 g/mol. The van der Waals surface area contributed by atoms with E-state index >= 15 is 0 Å². The van der Waals surface area contributed by atoms with Crippen molar-refractivity contribution in [1.29, 1.82) is 5.26 Å². The fourth-order valence-electron chi connectivity index (χ4n) is 4.34. The van der Waals surface area contributed by atoms with E-state index in [1.807, 2.05) is 6.07 Å². The van der Waals surface area contributed by atoms with E-state index in [4.69, 9.17) is 16.3 Å². The maximum Gasteiger partial charge on any atom is 0.346 e. The molecule has 240 valence electrons. The number of aliphatic hydroxyl groups is 2. The molecule has 1 aliphatic carbocycles. The molecule has 4 N–H and O–H groups in total. The van der Waals surface area contributed by atoms with E-state index < -0.39 is 72.2 Å². The molecule has 3 heterocycles. The Bertz CT molecular complexity index is 1490. The Balaban J connectivity index is 0.00000119. The molecule has 0 bridgehead atoms. The van der Waals surface area contributed by atoms with Crippen LogP contribution in [0, 0.1) is 11.3 Å². The summed E-state index contributed by atoms with van der Waals surface area (Å²) >= 11 is 6.23. The van der Waals surface area contributed by atoms with E-state index in [2.05, 4.69) is 33.4 Å². The fourth-order valence-corrected chi connectivity index (χ4v) is 8.26. The van der Waals surface area contributed by atoms with Gasteiger partial charge in [-0.05, 0) is 18.9 Å². The zero-order valence-corrected chi connectivity index (χ0v) is 26.2. The summed E-state index contributed by atoms with van der Waals surface area (Å²) in [6.45, 7) is 4.45. The lowest BCUT2D eigenvalue weighted by Gasteiger charge is -2.31. The molecule has 2 aromatic rings. The molecule has 1 unspecified atom stereocenters. The maximum atomic E-state index is 13.4. The number of nitrogens with zero attached hydrogens (tertiary/aromatic N) is 3. The number of aromatic nitrogens is 2. The Labute approximate surface area is 253 Å². The molecule has 1 saturated carbocycles. The van der Waals surface area contributed by atoms with Gasteiger partial charge in [0.1, 0.15) is 41.8 Å². The molecule has 4 rings (SSSR count). The van der Waals surface area contributed by atoms with Gasteiger partial charge in [0, 0.05) is 24.5 Å². The molecule has 14 nitrogen and oxygen atoms in total. The van der Waals surface area contributed by atoms with Crippen molar-refractivity contribution in [3.8, 4) is 6.07 Å². The van der Waals surface area contributed by atoms with Crippen LogP contribution in [0.5, 0.6) is 0 Å². The van der Waals surface area contributed by atoms with Gasteiger partial charge in [-0.1, -0.05) is 38.3 Å². The lowest BCUT2D eigenvalue weighted by molar-refractivity contribution is -0.147. The minimum Gasteiger partial charge on any atom is -0.438 e. The normalized spacial score (nSPS) is 26.5. The molecular formula is C25H35ClFN4O10PS. The Morgan fingerprint density at radius 1 is 1.33 bits per heavy atom. The molecule has 1 aliphatic heterocycles. The van der Waals surface area contributed by atoms with E-state index in [9.17, 15) is 42.5 Å². The topological polar surface area (TPSA) is 210 Å². The van der Waals surface area contributed by atoms with E-state index in [0.717, 1.165) is 6.92 Å². The SMILES string of the molecule is CC(=O)OCOP(=O)(O)CS(=O)(=O)C[C@H]1O[C@@H](n2ccc3c(NC4CC(F)C4)c(C#N)c(Cl)nc32)[C@H](O)[C@@H]1O.CCCC. The molecule has 1 saturated heterocycles. The lowest BCUT2D eigenvalue weighted by atomic mass is 9.90. The number of halogens is 2. The van der Waals surface area contributed by atoms with Crippen LogP contribution in [0.25, 0.3) is 11.0 Å². The number of aliphatic hydroxyl groups excluding tert-OH is 2. The van der Waals surface area contributed by atoms with Gasteiger partial charge in [0.25, 0.3) is 0 Å². The molecule has 0 spiro atoms. The van der Waals surface area contributed by atoms with Gasteiger partial charge in [0.15, 0.2) is 26.7 Å². The number of anilines is 1. The number of alkyl halides is 1. The van der Waals surface area contributed by atoms with Crippen LogP contribution >= 0.6 is 19.2 Å². The highest BCUT2D eigenvalue weighted by molar-refractivity contribution is 7.97. The molecule has 5 atom stereocenters. The summed E-state index contributed by atoms with van der Waals surface area (Å²) < 4.78 is 66.4. The summed E-state index contributed by atoms with van der Waals surface area (Å²) in [6, 6.07) is 3.27. The molecule has 2 aliphatic rings. The highest BCUT2D eigenvalue weighted by atomic mass is 35.5. The zero-order chi connectivity index (χ0) is 32.1. The Morgan fingerprint density at radius 2 is 1.98 bits per heavy atom. The third-order valence-electron chi connectivity index (χ3n) is 6.76. The van der Waals surface area contributed by atoms with Gasteiger partial charge in [-0.15, -0.1) is 0 Å². The third-order valence-corrected chi connectivity index (χ3v) is 11.3. The van der Waals surface area contributed by atoms with Crippen LogP contribution in [-0.2, 0) is 33.2 Å². The van der Waals surface area contributed by atoms with E-state index in [1.54, 1.807) is 6.07 Å². The quantitative estimate of drug-likeness (QED) is 0.118. The van der Waals surface area contributed by atoms with Crippen molar-refractivity contribution in [3.63, 3.8) is 0 Å². The van der Waals surface area contributed by atoms with Crippen molar-refractivity contribution in [2.24, 2.45) is 0 Å². The summed E-state index contributed by atoms with van der Waals surface area (Å²) in [7, 11) is -9.14. The van der Waals surface area contributed by atoms with Crippen molar-refractivity contribution in [2.75, 3.05) is 23.4 Å². The van der Waals surface area contributed by atoms with Gasteiger partial charge in [-0.3, -0.25) is 13.9 Å². The number of ether oxygens (including phenoxy) is 2. The summed E-state index contributed by atoms with van der Waals surface area (Å²) in [6.07, 6.45) is -2.61. The van der Waals surface area contributed by atoms with Gasteiger partial charge < -0.3 is 34.5 Å². The number of sulfone groups is 1. The first-order chi connectivity index (χ1) is 20.1. The number of rotatable bonds is 11. The van der Waals surface area contributed by atoms with Gasteiger partial charge >= 0.3 is 13.6 Å². The second-order valence-electron chi connectivity index (χ2n) is 10.2. The highest BCUT2D eigenvalue weighted by Gasteiger charge is 2.47. The molecule has 18 heteroatoms. The van der Waals surface area contributed by atoms with E-state index in [1.165, 1.54) is 23.6 Å². The fraction of sp³-hybridized carbons (Fsp3) is 0.640. The number of carbonyl (C=O) groups is 1. The van der Waals surface area contributed by atoms with Gasteiger partial charge in [0.05, 0.1) is 11.4 Å². The van der Waals surface area contributed by atoms with Gasteiger partial charge in [-0.25, -0.2) is 17.8 Å². The van der Waals surface area contributed by atoms with E-state index in [-0.39, 0.29) is 35.2 Å². The summed E-state index contributed by atoms with van der Waals surface area (Å²) in [5.74, 6) is -1.76. The molecule has 0 amide bonds. The molecular weight excluding hydrogens is 634 g/mol. The molecule has 0 radical (unpaired) electrons. The predicted molar refractivity (Wildman–Crippen MR) is 154 cm³/mol.